The fourth-order valence-electron chi connectivity index (χ4n) is 5.47. The zero-order valence-corrected chi connectivity index (χ0v) is 28.6. The lowest BCUT2D eigenvalue weighted by Crippen LogP contribution is -2.35. The maximum absolute atomic E-state index is 6.54. The predicted molar refractivity (Wildman–Crippen MR) is 193 cm³/mol. The highest BCUT2D eigenvalue weighted by atomic mass is 16.5. The molecule has 1 heterocycles. The lowest BCUT2D eigenvalue weighted by atomic mass is 10.2. The molecule has 0 saturated carbocycles. The first kappa shape index (κ1) is 33.7. The predicted octanol–water partition coefficient (Wildman–Crippen LogP) is 6.89. The van der Waals surface area contributed by atoms with E-state index in [0.29, 0.717) is 19.8 Å². The highest BCUT2D eigenvalue weighted by Gasteiger charge is 2.25. The van der Waals surface area contributed by atoms with Crippen molar-refractivity contribution in [3.8, 4) is 28.6 Å². The average molecular weight is 637 g/mol. The van der Waals surface area contributed by atoms with E-state index in [2.05, 4.69) is 138 Å². The Balaban J connectivity index is 1.42. The smallest absolute Gasteiger partial charge is 0.287 e. The lowest BCUT2D eigenvalue weighted by Gasteiger charge is -2.20. The van der Waals surface area contributed by atoms with E-state index in [-0.39, 0.29) is 0 Å². The van der Waals surface area contributed by atoms with Gasteiger partial charge in [-0.25, -0.2) is 9.55 Å². The standard InChI is InChI=1S/C39H49N5O3/c1-6-7-22-44-36-29-35(46-27-24-42(4)32-14-10-8-11-15-32)30-37(47-28-25-43(5)33-16-12-9-13-17-33)38(36)40-39(44)31-18-20-34(21-19-31)45-26-23-41(2)3/h8-21,29-30H,6-7,22-28H2,1-5H3/p+1. The second kappa shape index (κ2) is 16.7. The molecule has 0 aliphatic heterocycles. The molecule has 0 aliphatic rings. The van der Waals surface area contributed by atoms with E-state index in [1.165, 1.54) is 5.69 Å². The molecule has 1 N–H and O–H groups in total. The van der Waals surface area contributed by atoms with Crippen molar-refractivity contribution in [2.45, 2.75) is 26.3 Å². The van der Waals surface area contributed by atoms with E-state index < -0.39 is 0 Å². The summed E-state index contributed by atoms with van der Waals surface area (Å²) in [6.45, 7) is 7.22. The quantitative estimate of drug-likeness (QED) is 0.106. The van der Waals surface area contributed by atoms with Gasteiger partial charge >= 0.3 is 0 Å². The first-order valence-corrected chi connectivity index (χ1v) is 16.7. The van der Waals surface area contributed by atoms with Crippen molar-refractivity contribution in [3.63, 3.8) is 0 Å². The number of benzene rings is 4. The van der Waals surface area contributed by atoms with Gasteiger partial charge < -0.3 is 28.9 Å². The molecule has 4 aromatic carbocycles. The number of hydrogen-bond acceptors (Lipinski definition) is 6. The van der Waals surface area contributed by atoms with Crippen LogP contribution < -0.4 is 28.6 Å². The summed E-state index contributed by atoms with van der Waals surface area (Å²) < 4.78 is 21.3. The Bertz CT molecular complexity index is 1660. The number of H-pyrrole nitrogens is 1. The summed E-state index contributed by atoms with van der Waals surface area (Å²) in [5.41, 5.74) is 5.46. The molecule has 5 aromatic rings. The van der Waals surface area contributed by atoms with Crippen molar-refractivity contribution in [1.82, 2.24) is 9.88 Å². The Morgan fingerprint density at radius 2 is 1.21 bits per heavy atom. The van der Waals surface area contributed by atoms with Crippen molar-refractivity contribution in [2.75, 3.05) is 77.4 Å². The van der Waals surface area contributed by atoms with Gasteiger partial charge in [0.1, 0.15) is 31.3 Å². The maximum Gasteiger partial charge on any atom is 0.287 e. The van der Waals surface area contributed by atoms with Crippen LogP contribution in [-0.2, 0) is 6.54 Å². The van der Waals surface area contributed by atoms with Crippen LogP contribution >= 0.6 is 0 Å². The second-order valence-electron chi connectivity index (χ2n) is 12.2. The van der Waals surface area contributed by atoms with E-state index in [9.17, 15) is 0 Å². The molecule has 47 heavy (non-hydrogen) atoms. The first-order valence-electron chi connectivity index (χ1n) is 16.7. The highest BCUT2D eigenvalue weighted by molar-refractivity contribution is 5.83. The van der Waals surface area contributed by atoms with Crippen LogP contribution in [0.5, 0.6) is 17.2 Å². The topological polar surface area (TPSA) is 57.1 Å². The zero-order chi connectivity index (χ0) is 33.0. The van der Waals surface area contributed by atoms with E-state index in [1.807, 2.05) is 18.2 Å². The van der Waals surface area contributed by atoms with Crippen LogP contribution in [0.4, 0.5) is 11.4 Å². The monoisotopic (exact) mass is 636 g/mol. The lowest BCUT2D eigenvalue weighted by molar-refractivity contribution is -0.660. The Morgan fingerprint density at radius 3 is 1.81 bits per heavy atom. The van der Waals surface area contributed by atoms with Gasteiger partial charge in [0.05, 0.1) is 25.2 Å². The third-order valence-electron chi connectivity index (χ3n) is 8.30. The largest absolute Gasteiger partial charge is 0.492 e. The van der Waals surface area contributed by atoms with Crippen LogP contribution in [0.15, 0.2) is 97.1 Å². The molecule has 8 heteroatoms. The van der Waals surface area contributed by atoms with E-state index in [4.69, 9.17) is 14.2 Å². The van der Waals surface area contributed by atoms with Gasteiger partial charge in [-0.2, -0.15) is 0 Å². The number of ether oxygens (including phenoxy) is 3. The minimum Gasteiger partial charge on any atom is -0.492 e. The Labute approximate surface area is 280 Å². The number of hydrogen-bond donors (Lipinski definition) is 1. The van der Waals surface area contributed by atoms with Gasteiger partial charge in [0.15, 0.2) is 11.3 Å². The van der Waals surface area contributed by atoms with Crippen LogP contribution in [0.2, 0.25) is 0 Å². The summed E-state index contributed by atoms with van der Waals surface area (Å²) in [7, 11) is 8.29. The number of fused-ring (bicyclic) bond motifs is 1. The Kier molecular flexibility index (Phi) is 12.0. The number of anilines is 2. The SMILES string of the molecule is CCCC[n+]1c(-c2ccc(OCCN(C)C)cc2)[nH]c2c(OCCN(C)c3ccccc3)cc(OCCN(C)c3ccccc3)cc21. The summed E-state index contributed by atoms with van der Waals surface area (Å²) in [6, 6.07) is 33.3. The van der Waals surface area contributed by atoms with Gasteiger partial charge in [0, 0.05) is 44.1 Å². The molecule has 0 spiro atoms. The number of aromatic amines is 1. The van der Waals surface area contributed by atoms with Gasteiger partial charge in [0.25, 0.3) is 5.82 Å². The third-order valence-corrected chi connectivity index (χ3v) is 8.30. The molecule has 0 bridgehead atoms. The molecule has 8 nitrogen and oxygen atoms in total. The van der Waals surface area contributed by atoms with Gasteiger partial charge in [-0.3, -0.25) is 0 Å². The molecular formula is C39H50N5O3+. The number of nitrogens with zero attached hydrogens (tertiary/aromatic N) is 4. The molecular weight excluding hydrogens is 586 g/mol. The molecule has 5 rings (SSSR count). The van der Waals surface area contributed by atoms with Crippen molar-refractivity contribution < 1.29 is 18.8 Å². The van der Waals surface area contributed by atoms with Gasteiger partial charge in [-0.05, 0) is 69.0 Å². The summed E-state index contributed by atoms with van der Waals surface area (Å²) in [4.78, 5) is 10.3. The third kappa shape index (κ3) is 9.20. The number of nitrogens with one attached hydrogen (secondary N) is 1. The van der Waals surface area contributed by atoms with Crippen LogP contribution in [-0.4, -0.2) is 77.5 Å². The highest BCUT2D eigenvalue weighted by Crippen LogP contribution is 2.32. The molecule has 0 atom stereocenters. The summed E-state index contributed by atoms with van der Waals surface area (Å²) in [6.07, 6.45) is 2.15. The van der Waals surface area contributed by atoms with Crippen LogP contribution in [0.1, 0.15) is 19.8 Å². The van der Waals surface area contributed by atoms with Gasteiger partial charge in [0.2, 0.25) is 5.52 Å². The molecule has 0 unspecified atom stereocenters. The maximum atomic E-state index is 6.54. The minimum atomic E-state index is 0.531. The van der Waals surface area contributed by atoms with Crippen molar-refractivity contribution in [3.05, 3.63) is 97.1 Å². The number of imidazole rings is 1. The van der Waals surface area contributed by atoms with E-state index >= 15 is 0 Å². The van der Waals surface area contributed by atoms with Crippen LogP contribution in [0.25, 0.3) is 22.4 Å². The Hall–Kier alpha value is -4.69. The number of aryl methyl sites for hydroxylation is 1. The van der Waals surface area contributed by atoms with E-state index in [0.717, 1.165) is 84.4 Å². The first-order chi connectivity index (χ1) is 22.9. The fraction of sp³-hybridized carbons (Fsp3) is 0.359. The fourth-order valence-corrected chi connectivity index (χ4v) is 5.47. The summed E-state index contributed by atoms with van der Waals surface area (Å²) >= 11 is 0. The minimum absolute atomic E-state index is 0.531. The average Bonchev–Trinajstić information content (AvgIpc) is 3.46. The van der Waals surface area contributed by atoms with Crippen LogP contribution in [0.3, 0.4) is 0 Å². The number of aromatic nitrogens is 2. The zero-order valence-electron chi connectivity index (χ0n) is 28.6. The molecule has 1 aromatic heterocycles. The second-order valence-corrected chi connectivity index (χ2v) is 12.2. The summed E-state index contributed by atoms with van der Waals surface area (Å²) in [5.74, 6) is 3.50. The van der Waals surface area contributed by atoms with Crippen LogP contribution in [0, 0.1) is 0 Å². The number of unbranched alkanes of at least 4 members (excludes halogenated alkanes) is 1. The van der Waals surface area contributed by atoms with E-state index in [1.54, 1.807) is 0 Å². The molecule has 0 aliphatic carbocycles. The molecule has 0 saturated heterocycles. The van der Waals surface area contributed by atoms with Crippen molar-refractivity contribution in [1.29, 1.82) is 0 Å². The molecule has 0 amide bonds. The number of rotatable bonds is 18. The summed E-state index contributed by atoms with van der Waals surface area (Å²) in [5, 5.41) is 0. The van der Waals surface area contributed by atoms with Crippen molar-refractivity contribution in [2.24, 2.45) is 0 Å². The Morgan fingerprint density at radius 1 is 0.638 bits per heavy atom. The molecule has 0 radical (unpaired) electrons. The normalized spacial score (nSPS) is 11.2. The van der Waals surface area contributed by atoms with Gasteiger partial charge in [-0.15, -0.1) is 0 Å². The van der Waals surface area contributed by atoms with Gasteiger partial charge in [-0.1, -0.05) is 49.7 Å². The molecule has 0 fully saturated rings. The molecule has 248 valence electrons. The van der Waals surface area contributed by atoms with Crippen molar-refractivity contribution >= 4 is 22.4 Å². The number of para-hydroxylation sites is 2. The number of likely N-dealkylation sites (N-methyl/N-ethyl adjacent to an activating group) is 3.